The Morgan fingerprint density at radius 2 is 2.22 bits per heavy atom. The van der Waals surface area contributed by atoms with Crippen LogP contribution >= 0.6 is 11.8 Å². The first kappa shape index (κ1) is 12.1. The van der Waals surface area contributed by atoms with Gasteiger partial charge in [0, 0.05) is 5.69 Å². The quantitative estimate of drug-likeness (QED) is 0.809. The normalized spacial score (nSPS) is 9.72. The van der Waals surface area contributed by atoms with Crippen molar-refractivity contribution in [3.8, 4) is 6.07 Å². The lowest BCUT2D eigenvalue weighted by atomic mass is 10.2. The number of carbonyl (C=O) groups is 1. The van der Waals surface area contributed by atoms with Crippen molar-refractivity contribution in [2.75, 3.05) is 11.1 Å². The van der Waals surface area contributed by atoms with Crippen molar-refractivity contribution in [1.29, 1.82) is 5.26 Å². The van der Waals surface area contributed by atoms with E-state index in [1.165, 1.54) is 18.1 Å². The molecule has 1 heterocycles. The van der Waals surface area contributed by atoms with Crippen molar-refractivity contribution in [2.24, 2.45) is 0 Å². The van der Waals surface area contributed by atoms with Crippen LogP contribution in [0.3, 0.4) is 0 Å². The maximum atomic E-state index is 11.6. The highest BCUT2D eigenvalue weighted by Gasteiger charge is 2.05. The number of rotatable bonds is 4. The molecule has 2 rings (SSSR count). The number of H-pyrrole nitrogens is 1. The molecular formula is C11H9N5OS. The van der Waals surface area contributed by atoms with Crippen molar-refractivity contribution >= 4 is 23.4 Å². The lowest BCUT2D eigenvalue weighted by Gasteiger charge is -2.03. The smallest absolute Gasteiger partial charge is 0.234 e. The van der Waals surface area contributed by atoms with E-state index >= 15 is 0 Å². The molecule has 0 atom stereocenters. The van der Waals surface area contributed by atoms with E-state index in [1.807, 2.05) is 6.07 Å². The van der Waals surface area contributed by atoms with Crippen LogP contribution in [0, 0.1) is 11.3 Å². The average molecular weight is 259 g/mol. The number of aromatic nitrogens is 3. The number of anilines is 1. The third kappa shape index (κ3) is 3.33. The summed E-state index contributed by atoms with van der Waals surface area (Å²) in [5.74, 6) is 0.107. The van der Waals surface area contributed by atoms with Crippen LogP contribution in [0.1, 0.15) is 5.56 Å². The van der Waals surface area contributed by atoms with Crippen molar-refractivity contribution in [1.82, 2.24) is 15.2 Å². The van der Waals surface area contributed by atoms with Crippen LogP contribution < -0.4 is 5.32 Å². The van der Waals surface area contributed by atoms with E-state index in [9.17, 15) is 4.79 Å². The van der Waals surface area contributed by atoms with Gasteiger partial charge in [-0.2, -0.15) is 10.4 Å². The Balaban J connectivity index is 1.85. The molecule has 0 spiro atoms. The number of nitrogens with zero attached hydrogens (tertiary/aromatic N) is 3. The van der Waals surface area contributed by atoms with Crippen molar-refractivity contribution in [3.63, 3.8) is 0 Å². The molecule has 2 aromatic rings. The van der Waals surface area contributed by atoms with E-state index in [0.29, 0.717) is 16.4 Å². The van der Waals surface area contributed by atoms with Gasteiger partial charge >= 0.3 is 0 Å². The van der Waals surface area contributed by atoms with Gasteiger partial charge in [-0.25, -0.2) is 4.98 Å². The molecule has 2 N–H and O–H groups in total. The van der Waals surface area contributed by atoms with Gasteiger partial charge < -0.3 is 5.32 Å². The van der Waals surface area contributed by atoms with E-state index in [0.717, 1.165) is 0 Å². The number of nitrogens with one attached hydrogen (secondary N) is 2. The van der Waals surface area contributed by atoms with Crippen LogP contribution in [0.25, 0.3) is 0 Å². The van der Waals surface area contributed by atoms with Gasteiger partial charge in [0.2, 0.25) is 5.91 Å². The topological polar surface area (TPSA) is 94.5 Å². The number of hydrogen-bond donors (Lipinski definition) is 2. The molecule has 90 valence electrons. The molecule has 7 heteroatoms. The number of carbonyl (C=O) groups excluding carboxylic acids is 1. The van der Waals surface area contributed by atoms with Crippen molar-refractivity contribution in [2.45, 2.75) is 5.16 Å². The summed E-state index contributed by atoms with van der Waals surface area (Å²) in [6.45, 7) is 0. The molecule has 0 bridgehead atoms. The molecule has 0 fully saturated rings. The molecule has 0 aliphatic heterocycles. The first-order valence-electron chi connectivity index (χ1n) is 5.06. The zero-order chi connectivity index (χ0) is 12.8. The number of benzene rings is 1. The van der Waals surface area contributed by atoms with Crippen LogP contribution in [0.5, 0.6) is 0 Å². The Labute approximate surface area is 107 Å². The SMILES string of the molecule is N#Cc1ccc(NC(=O)CSc2ncn[nH]2)cc1. The molecule has 0 aliphatic carbocycles. The highest BCUT2D eigenvalue weighted by atomic mass is 32.2. The molecule has 1 aromatic carbocycles. The van der Waals surface area contributed by atoms with Crippen LogP contribution in [0.15, 0.2) is 35.7 Å². The van der Waals surface area contributed by atoms with E-state index in [1.54, 1.807) is 24.3 Å². The van der Waals surface area contributed by atoms with Gasteiger partial charge in [0.1, 0.15) is 6.33 Å². The van der Waals surface area contributed by atoms with Gasteiger partial charge in [0.25, 0.3) is 0 Å². The monoisotopic (exact) mass is 259 g/mol. The summed E-state index contributed by atoms with van der Waals surface area (Å²) in [7, 11) is 0. The Kier molecular flexibility index (Phi) is 3.94. The lowest BCUT2D eigenvalue weighted by Crippen LogP contribution is -2.14. The maximum absolute atomic E-state index is 11.6. The van der Waals surface area contributed by atoms with Gasteiger partial charge in [-0.05, 0) is 24.3 Å². The van der Waals surface area contributed by atoms with Gasteiger partial charge in [0.15, 0.2) is 5.16 Å². The summed E-state index contributed by atoms with van der Waals surface area (Å²) in [5, 5.41) is 18.3. The molecule has 0 unspecified atom stereocenters. The first-order chi connectivity index (χ1) is 8.78. The summed E-state index contributed by atoms with van der Waals surface area (Å²) in [4.78, 5) is 15.5. The highest BCUT2D eigenvalue weighted by molar-refractivity contribution is 7.99. The second-order valence-corrected chi connectivity index (χ2v) is 4.28. The minimum atomic E-state index is -0.138. The summed E-state index contributed by atoms with van der Waals surface area (Å²) in [6, 6.07) is 8.70. The Morgan fingerprint density at radius 1 is 1.44 bits per heavy atom. The first-order valence-corrected chi connectivity index (χ1v) is 6.04. The second kappa shape index (κ2) is 5.84. The summed E-state index contributed by atoms with van der Waals surface area (Å²) >= 11 is 1.27. The second-order valence-electron chi connectivity index (χ2n) is 3.32. The molecule has 6 nitrogen and oxygen atoms in total. The molecule has 1 aromatic heterocycles. The Bertz CT molecular complexity index is 558. The fourth-order valence-corrected chi connectivity index (χ4v) is 1.80. The number of amides is 1. The largest absolute Gasteiger partial charge is 0.325 e. The third-order valence-electron chi connectivity index (χ3n) is 2.03. The van der Waals surface area contributed by atoms with E-state index in [2.05, 4.69) is 20.5 Å². The summed E-state index contributed by atoms with van der Waals surface area (Å²) < 4.78 is 0. The molecule has 0 saturated heterocycles. The molecule has 0 aliphatic rings. The zero-order valence-electron chi connectivity index (χ0n) is 9.25. The van der Waals surface area contributed by atoms with Gasteiger partial charge in [-0.3, -0.25) is 9.89 Å². The fraction of sp³-hybridized carbons (Fsp3) is 0.0909. The van der Waals surface area contributed by atoms with E-state index in [4.69, 9.17) is 5.26 Å². The Morgan fingerprint density at radius 3 is 2.83 bits per heavy atom. The highest BCUT2D eigenvalue weighted by Crippen LogP contribution is 2.13. The molecular weight excluding hydrogens is 250 g/mol. The zero-order valence-corrected chi connectivity index (χ0v) is 10.1. The molecule has 18 heavy (non-hydrogen) atoms. The van der Waals surface area contributed by atoms with E-state index < -0.39 is 0 Å². The molecule has 1 amide bonds. The minimum Gasteiger partial charge on any atom is -0.325 e. The van der Waals surface area contributed by atoms with Crippen LogP contribution in [-0.2, 0) is 4.79 Å². The molecule has 0 saturated carbocycles. The number of aromatic amines is 1. The summed E-state index contributed by atoms with van der Waals surface area (Å²) in [5.41, 5.74) is 1.22. The third-order valence-corrected chi connectivity index (χ3v) is 2.91. The standard InChI is InChI=1S/C11H9N5OS/c12-5-8-1-3-9(4-2-8)15-10(17)6-18-11-13-7-14-16-11/h1-4,7H,6H2,(H,15,17)(H,13,14,16). The number of thioether (sulfide) groups is 1. The minimum absolute atomic E-state index is 0.138. The van der Waals surface area contributed by atoms with Crippen molar-refractivity contribution < 1.29 is 4.79 Å². The van der Waals surface area contributed by atoms with Gasteiger partial charge in [-0.1, -0.05) is 11.8 Å². The fourth-order valence-electron chi connectivity index (χ4n) is 1.22. The predicted octanol–water partition coefficient (Wildman–Crippen LogP) is 1.41. The average Bonchev–Trinajstić information content (AvgIpc) is 2.90. The van der Waals surface area contributed by atoms with Crippen molar-refractivity contribution in [3.05, 3.63) is 36.2 Å². The summed E-state index contributed by atoms with van der Waals surface area (Å²) in [6.07, 6.45) is 1.39. The number of hydrogen-bond acceptors (Lipinski definition) is 5. The molecule has 0 radical (unpaired) electrons. The van der Waals surface area contributed by atoms with E-state index in [-0.39, 0.29) is 11.7 Å². The van der Waals surface area contributed by atoms with Crippen LogP contribution in [0.4, 0.5) is 5.69 Å². The Hall–Kier alpha value is -2.33. The number of nitriles is 1. The lowest BCUT2D eigenvalue weighted by molar-refractivity contribution is -0.113. The maximum Gasteiger partial charge on any atom is 0.234 e. The predicted molar refractivity (Wildman–Crippen MR) is 66.9 cm³/mol. The van der Waals surface area contributed by atoms with Crippen LogP contribution in [0.2, 0.25) is 0 Å². The van der Waals surface area contributed by atoms with Gasteiger partial charge in [-0.15, -0.1) is 0 Å². The van der Waals surface area contributed by atoms with Gasteiger partial charge in [0.05, 0.1) is 17.4 Å². The van der Waals surface area contributed by atoms with Crippen LogP contribution in [-0.4, -0.2) is 26.8 Å².